The number of nitrogens with one attached hydrogen (secondary N) is 2. The van der Waals surface area contributed by atoms with Gasteiger partial charge in [-0.1, -0.05) is 11.6 Å². The van der Waals surface area contributed by atoms with Crippen LogP contribution < -0.4 is 20.1 Å². The molecule has 2 aromatic heterocycles. The van der Waals surface area contributed by atoms with Gasteiger partial charge >= 0.3 is 12.2 Å². The Morgan fingerprint density at radius 3 is 2.55 bits per heavy atom. The number of carbonyl (C=O) groups is 1. The number of ether oxygens (including phenoxy) is 2. The van der Waals surface area contributed by atoms with E-state index in [0.717, 1.165) is 12.1 Å². The summed E-state index contributed by atoms with van der Waals surface area (Å²) in [5.41, 5.74) is 0.139. The molecule has 2 heterocycles. The normalized spacial score (nSPS) is 11.1. The van der Waals surface area contributed by atoms with Crippen molar-refractivity contribution in [2.75, 3.05) is 24.4 Å². The van der Waals surface area contributed by atoms with E-state index in [-0.39, 0.29) is 11.4 Å². The monoisotopic (exact) mass is 481 g/mol. The molecule has 0 radical (unpaired) electrons. The van der Waals surface area contributed by atoms with Crippen LogP contribution in [0.3, 0.4) is 0 Å². The van der Waals surface area contributed by atoms with Gasteiger partial charge < -0.3 is 20.1 Å². The summed E-state index contributed by atoms with van der Waals surface area (Å²) in [6, 6.07) is 3.98. The van der Waals surface area contributed by atoms with Crippen LogP contribution in [0, 0.1) is 6.92 Å². The third-order valence-electron chi connectivity index (χ3n) is 4.33. The van der Waals surface area contributed by atoms with Gasteiger partial charge in [0.15, 0.2) is 11.6 Å². The Balaban J connectivity index is 1.76. The Bertz CT molecular complexity index is 1170. The van der Waals surface area contributed by atoms with Gasteiger partial charge in [-0.15, -0.1) is 0 Å². The SMILES string of the molecule is CCOc1cc(-c2ncc(NC(=O)Nc3ccc(Cl)c(C(F)(F)F)c3)c(C)n2)cnc1OC. The lowest BCUT2D eigenvalue weighted by Crippen LogP contribution is -2.21. The van der Waals surface area contributed by atoms with Crippen molar-refractivity contribution >= 4 is 29.0 Å². The van der Waals surface area contributed by atoms with Crippen LogP contribution in [0.2, 0.25) is 5.02 Å². The molecule has 8 nitrogen and oxygen atoms in total. The van der Waals surface area contributed by atoms with Crippen LogP contribution in [-0.4, -0.2) is 34.7 Å². The van der Waals surface area contributed by atoms with Crippen molar-refractivity contribution in [1.82, 2.24) is 15.0 Å². The molecule has 0 bridgehead atoms. The smallest absolute Gasteiger partial charge is 0.417 e. The zero-order chi connectivity index (χ0) is 24.2. The van der Waals surface area contributed by atoms with Gasteiger partial charge in [-0.3, -0.25) is 0 Å². The highest BCUT2D eigenvalue weighted by molar-refractivity contribution is 6.31. The number of urea groups is 1. The summed E-state index contributed by atoms with van der Waals surface area (Å²) in [4.78, 5) is 25.1. The van der Waals surface area contributed by atoms with Gasteiger partial charge in [0.05, 0.1) is 41.9 Å². The Labute approximate surface area is 192 Å². The number of rotatable bonds is 6. The predicted octanol–water partition coefficient (Wildman–Crippen LogP) is 5.57. The van der Waals surface area contributed by atoms with Crippen LogP contribution in [0.25, 0.3) is 11.4 Å². The number of carbonyl (C=O) groups excluding carboxylic acids is 1. The molecule has 0 saturated heterocycles. The Hall–Kier alpha value is -3.60. The third-order valence-corrected chi connectivity index (χ3v) is 4.66. The van der Waals surface area contributed by atoms with Gasteiger partial charge in [0, 0.05) is 17.4 Å². The van der Waals surface area contributed by atoms with Crippen LogP contribution in [0.1, 0.15) is 18.2 Å². The summed E-state index contributed by atoms with van der Waals surface area (Å²) >= 11 is 5.59. The molecule has 3 aromatic rings. The minimum atomic E-state index is -4.65. The molecule has 0 atom stereocenters. The molecule has 0 aliphatic carbocycles. The van der Waals surface area contributed by atoms with Crippen molar-refractivity contribution in [3.05, 3.63) is 52.9 Å². The molecule has 3 rings (SSSR count). The first kappa shape index (κ1) is 24.1. The van der Waals surface area contributed by atoms with Gasteiger partial charge in [-0.25, -0.2) is 19.7 Å². The topological polar surface area (TPSA) is 98.3 Å². The molecule has 0 unspecified atom stereocenters. The maximum atomic E-state index is 13.0. The number of aromatic nitrogens is 3. The minimum Gasteiger partial charge on any atom is -0.488 e. The summed E-state index contributed by atoms with van der Waals surface area (Å²) < 4.78 is 49.7. The van der Waals surface area contributed by atoms with Gasteiger partial charge in [-0.2, -0.15) is 13.2 Å². The highest BCUT2D eigenvalue weighted by Crippen LogP contribution is 2.36. The molecule has 0 aliphatic heterocycles. The molecule has 12 heteroatoms. The van der Waals surface area contributed by atoms with E-state index >= 15 is 0 Å². The Morgan fingerprint density at radius 1 is 1.15 bits per heavy atom. The first-order chi connectivity index (χ1) is 15.6. The second kappa shape index (κ2) is 9.90. The number of hydrogen-bond donors (Lipinski definition) is 2. The minimum absolute atomic E-state index is 0.0767. The van der Waals surface area contributed by atoms with E-state index in [9.17, 15) is 18.0 Å². The fourth-order valence-electron chi connectivity index (χ4n) is 2.80. The summed E-state index contributed by atoms with van der Waals surface area (Å²) in [6.07, 6.45) is -1.75. The number of nitrogens with zero attached hydrogens (tertiary/aromatic N) is 3. The largest absolute Gasteiger partial charge is 0.488 e. The van der Waals surface area contributed by atoms with Crippen LogP contribution in [0.15, 0.2) is 36.7 Å². The lowest BCUT2D eigenvalue weighted by atomic mass is 10.2. The van der Waals surface area contributed by atoms with Crippen molar-refractivity contribution in [1.29, 1.82) is 0 Å². The fraction of sp³-hybridized carbons (Fsp3) is 0.238. The average Bonchev–Trinajstić information content (AvgIpc) is 2.76. The van der Waals surface area contributed by atoms with Crippen molar-refractivity contribution in [2.45, 2.75) is 20.0 Å². The Morgan fingerprint density at radius 2 is 1.91 bits per heavy atom. The van der Waals surface area contributed by atoms with E-state index in [1.807, 2.05) is 6.92 Å². The number of amides is 2. The summed E-state index contributed by atoms with van der Waals surface area (Å²) in [6.45, 7) is 3.88. The number of anilines is 2. The zero-order valence-electron chi connectivity index (χ0n) is 17.7. The number of alkyl halides is 3. The van der Waals surface area contributed by atoms with Crippen molar-refractivity contribution in [3.8, 4) is 23.0 Å². The van der Waals surface area contributed by atoms with Crippen molar-refractivity contribution in [2.24, 2.45) is 0 Å². The van der Waals surface area contributed by atoms with E-state index in [1.54, 1.807) is 13.0 Å². The summed E-state index contributed by atoms with van der Waals surface area (Å²) in [5, 5.41) is 4.38. The molecule has 174 valence electrons. The summed E-state index contributed by atoms with van der Waals surface area (Å²) in [7, 11) is 1.48. The maximum Gasteiger partial charge on any atom is 0.417 e. The van der Waals surface area contributed by atoms with Crippen LogP contribution in [-0.2, 0) is 6.18 Å². The van der Waals surface area contributed by atoms with Gasteiger partial charge in [0.1, 0.15) is 0 Å². The maximum absolute atomic E-state index is 13.0. The fourth-order valence-corrected chi connectivity index (χ4v) is 3.02. The van der Waals surface area contributed by atoms with E-state index in [4.69, 9.17) is 21.1 Å². The number of benzene rings is 1. The summed E-state index contributed by atoms with van der Waals surface area (Å²) in [5.74, 6) is 1.09. The zero-order valence-corrected chi connectivity index (χ0v) is 18.5. The van der Waals surface area contributed by atoms with Crippen LogP contribution in [0.4, 0.5) is 29.3 Å². The van der Waals surface area contributed by atoms with E-state index in [0.29, 0.717) is 35.3 Å². The second-order valence-electron chi connectivity index (χ2n) is 6.63. The van der Waals surface area contributed by atoms with Gasteiger partial charge in [-0.05, 0) is 38.1 Å². The molecule has 33 heavy (non-hydrogen) atoms. The molecule has 0 saturated carbocycles. The number of hydrogen-bond acceptors (Lipinski definition) is 6. The van der Waals surface area contributed by atoms with E-state index in [2.05, 4.69) is 25.6 Å². The van der Waals surface area contributed by atoms with Crippen molar-refractivity contribution in [3.63, 3.8) is 0 Å². The molecular weight excluding hydrogens is 463 g/mol. The Kier molecular flexibility index (Phi) is 7.22. The average molecular weight is 482 g/mol. The standard InChI is InChI=1S/C21H19ClF3N5O3/c1-4-33-17-7-12(9-27-19(17)32-3)18-26-10-16(11(2)28-18)30-20(31)29-13-5-6-15(22)14(8-13)21(23,24)25/h5-10H,4H2,1-3H3,(H2,29,30,31). The van der Waals surface area contributed by atoms with Crippen LogP contribution >= 0.6 is 11.6 Å². The quantitative estimate of drug-likeness (QED) is 0.477. The van der Waals surface area contributed by atoms with E-state index < -0.39 is 22.8 Å². The predicted molar refractivity (Wildman–Crippen MR) is 117 cm³/mol. The van der Waals surface area contributed by atoms with Crippen molar-refractivity contribution < 1.29 is 27.4 Å². The highest BCUT2D eigenvalue weighted by Gasteiger charge is 2.33. The molecule has 0 fully saturated rings. The molecular formula is C21H19ClF3N5O3. The number of aryl methyl sites for hydroxylation is 1. The third kappa shape index (κ3) is 5.80. The number of halogens is 4. The highest BCUT2D eigenvalue weighted by atomic mass is 35.5. The van der Waals surface area contributed by atoms with Gasteiger partial charge in [0.2, 0.25) is 0 Å². The molecule has 2 N–H and O–H groups in total. The first-order valence-corrected chi connectivity index (χ1v) is 9.95. The lowest BCUT2D eigenvalue weighted by molar-refractivity contribution is -0.137. The van der Waals surface area contributed by atoms with Gasteiger partial charge in [0.25, 0.3) is 5.88 Å². The second-order valence-corrected chi connectivity index (χ2v) is 7.04. The molecule has 1 aromatic carbocycles. The number of pyridine rings is 1. The number of methoxy groups -OCH3 is 1. The molecule has 0 spiro atoms. The van der Waals surface area contributed by atoms with E-state index in [1.165, 1.54) is 25.6 Å². The molecule has 0 aliphatic rings. The first-order valence-electron chi connectivity index (χ1n) is 9.58. The molecule has 2 amide bonds. The van der Waals surface area contributed by atoms with Crippen LogP contribution in [0.5, 0.6) is 11.6 Å². The lowest BCUT2D eigenvalue weighted by Gasteiger charge is -2.13.